The molecule has 2 aromatic rings. The molecule has 1 aromatic heterocycles. The van der Waals surface area contributed by atoms with E-state index in [2.05, 4.69) is 15.5 Å². The molecule has 18 heavy (non-hydrogen) atoms. The molecule has 7 heteroatoms. The molecule has 0 saturated heterocycles. The van der Waals surface area contributed by atoms with Gasteiger partial charge in [-0.1, -0.05) is 30.0 Å². The summed E-state index contributed by atoms with van der Waals surface area (Å²) in [7, 11) is 1.50. The Hall–Kier alpha value is -1.73. The molecule has 0 spiro atoms. The Bertz CT molecular complexity index is 515. The summed E-state index contributed by atoms with van der Waals surface area (Å²) in [6.07, 6.45) is 0. The second kappa shape index (κ2) is 6.27. The summed E-state index contributed by atoms with van der Waals surface area (Å²) in [5.41, 5.74) is 0.865. The topological polar surface area (TPSA) is 69.9 Å². The highest BCUT2D eigenvalue weighted by molar-refractivity contribution is 7.99. The van der Waals surface area contributed by atoms with Crippen molar-refractivity contribution in [2.24, 2.45) is 0 Å². The number of aromatic nitrogens is 4. The molecule has 0 N–H and O–H groups in total. The van der Waals surface area contributed by atoms with E-state index in [1.807, 2.05) is 30.3 Å². The van der Waals surface area contributed by atoms with Crippen LogP contribution in [-0.4, -0.2) is 45.5 Å². The summed E-state index contributed by atoms with van der Waals surface area (Å²) in [6.45, 7) is 0.111. The number of Topliss-reactive ketones (excluding diaryl/α,β-unsaturated/α-hetero) is 1. The van der Waals surface area contributed by atoms with E-state index in [0.717, 1.165) is 5.69 Å². The summed E-state index contributed by atoms with van der Waals surface area (Å²) in [6, 6.07) is 9.53. The summed E-state index contributed by atoms with van der Waals surface area (Å²) < 4.78 is 6.37. The van der Waals surface area contributed by atoms with Gasteiger partial charge in [-0.15, -0.1) is 5.10 Å². The van der Waals surface area contributed by atoms with Gasteiger partial charge in [0.05, 0.1) is 11.4 Å². The van der Waals surface area contributed by atoms with Gasteiger partial charge < -0.3 is 4.74 Å². The van der Waals surface area contributed by atoms with E-state index < -0.39 is 0 Å². The molecule has 0 unspecified atom stereocenters. The molecular formula is C11H12N4O2S. The van der Waals surface area contributed by atoms with Crippen molar-refractivity contribution in [3.05, 3.63) is 30.3 Å². The van der Waals surface area contributed by atoms with Crippen LogP contribution in [0.15, 0.2) is 35.5 Å². The average Bonchev–Trinajstić information content (AvgIpc) is 2.86. The second-order valence-corrected chi connectivity index (χ2v) is 4.41. The molecule has 2 rings (SSSR count). The van der Waals surface area contributed by atoms with Gasteiger partial charge in [-0.25, -0.2) is 0 Å². The summed E-state index contributed by atoms with van der Waals surface area (Å²) >= 11 is 1.29. The minimum Gasteiger partial charge on any atom is -0.377 e. The molecule has 0 fully saturated rings. The van der Waals surface area contributed by atoms with Gasteiger partial charge in [0.1, 0.15) is 6.61 Å². The Balaban J connectivity index is 2.07. The lowest BCUT2D eigenvalue weighted by atomic mass is 10.3. The second-order valence-electron chi connectivity index (χ2n) is 3.47. The Labute approximate surface area is 108 Å². The summed E-state index contributed by atoms with van der Waals surface area (Å²) in [5, 5.41) is 12.0. The van der Waals surface area contributed by atoms with Crippen molar-refractivity contribution in [3.63, 3.8) is 0 Å². The van der Waals surface area contributed by atoms with Crippen LogP contribution in [0.1, 0.15) is 0 Å². The highest BCUT2D eigenvalue weighted by Crippen LogP contribution is 2.17. The number of rotatable bonds is 6. The maximum Gasteiger partial charge on any atom is 0.214 e. The molecule has 94 valence electrons. The molecule has 6 nitrogen and oxygen atoms in total. The minimum absolute atomic E-state index is 0.00473. The van der Waals surface area contributed by atoms with Crippen molar-refractivity contribution in [1.29, 1.82) is 0 Å². The monoisotopic (exact) mass is 264 g/mol. The maximum atomic E-state index is 11.4. The molecule has 0 bridgehead atoms. The van der Waals surface area contributed by atoms with Crippen molar-refractivity contribution in [2.45, 2.75) is 5.16 Å². The minimum atomic E-state index is 0.00473. The van der Waals surface area contributed by atoms with E-state index in [1.54, 1.807) is 4.68 Å². The van der Waals surface area contributed by atoms with Crippen LogP contribution in [0, 0.1) is 0 Å². The first-order valence-corrected chi connectivity index (χ1v) is 6.27. The molecule has 0 amide bonds. The van der Waals surface area contributed by atoms with E-state index in [-0.39, 0.29) is 12.4 Å². The van der Waals surface area contributed by atoms with Gasteiger partial charge in [0.15, 0.2) is 5.78 Å². The van der Waals surface area contributed by atoms with E-state index in [4.69, 9.17) is 4.74 Å². The zero-order valence-corrected chi connectivity index (χ0v) is 10.6. The zero-order valence-electron chi connectivity index (χ0n) is 9.81. The number of benzene rings is 1. The maximum absolute atomic E-state index is 11.4. The molecule has 0 atom stereocenters. The standard InChI is InChI=1S/C11H12N4O2S/c1-17-7-10(16)8-18-11-12-13-14-15(11)9-5-3-2-4-6-9/h2-6H,7-8H2,1H3. The number of ketones is 1. The third-order valence-electron chi connectivity index (χ3n) is 2.11. The SMILES string of the molecule is COCC(=O)CSc1nnnn1-c1ccccc1. The van der Waals surface area contributed by atoms with E-state index in [9.17, 15) is 4.79 Å². The molecule has 0 aliphatic heterocycles. The molecule has 0 saturated carbocycles. The van der Waals surface area contributed by atoms with Gasteiger partial charge in [-0.3, -0.25) is 4.79 Å². The number of ether oxygens (including phenoxy) is 1. The van der Waals surface area contributed by atoms with Gasteiger partial charge >= 0.3 is 0 Å². The Morgan fingerprint density at radius 2 is 2.17 bits per heavy atom. The van der Waals surface area contributed by atoms with Gasteiger partial charge in [0.2, 0.25) is 5.16 Å². The van der Waals surface area contributed by atoms with Crippen LogP contribution < -0.4 is 0 Å². The molecule has 0 radical (unpaired) electrons. The van der Waals surface area contributed by atoms with Crippen LogP contribution in [0.5, 0.6) is 0 Å². The van der Waals surface area contributed by atoms with E-state index >= 15 is 0 Å². The van der Waals surface area contributed by atoms with Crippen LogP contribution in [0.3, 0.4) is 0 Å². The molecule has 1 heterocycles. The highest BCUT2D eigenvalue weighted by atomic mass is 32.2. The Morgan fingerprint density at radius 1 is 1.39 bits per heavy atom. The van der Waals surface area contributed by atoms with Crippen molar-refractivity contribution >= 4 is 17.5 Å². The number of thioether (sulfide) groups is 1. The van der Waals surface area contributed by atoms with Gasteiger partial charge in [-0.05, 0) is 22.6 Å². The van der Waals surface area contributed by atoms with Crippen molar-refractivity contribution in [2.75, 3.05) is 19.5 Å². The zero-order chi connectivity index (χ0) is 12.8. The number of carbonyl (C=O) groups is 1. The van der Waals surface area contributed by atoms with Gasteiger partial charge in [-0.2, -0.15) is 4.68 Å². The van der Waals surface area contributed by atoms with Crippen LogP contribution in [0.4, 0.5) is 0 Å². The summed E-state index contributed by atoms with van der Waals surface area (Å²) in [5.74, 6) is 0.297. The average molecular weight is 264 g/mol. The van der Waals surface area contributed by atoms with E-state index in [1.165, 1.54) is 18.9 Å². The number of para-hydroxylation sites is 1. The number of methoxy groups -OCH3 is 1. The Morgan fingerprint density at radius 3 is 2.89 bits per heavy atom. The third-order valence-corrected chi connectivity index (χ3v) is 3.09. The number of tetrazole rings is 1. The fourth-order valence-corrected chi connectivity index (χ4v) is 2.08. The Kier molecular flexibility index (Phi) is 4.43. The molecule has 0 aliphatic rings. The largest absolute Gasteiger partial charge is 0.377 e. The summed E-state index contributed by atoms with van der Waals surface area (Å²) in [4.78, 5) is 11.4. The van der Waals surface area contributed by atoms with Crippen molar-refractivity contribution in [1.82, 2.24) is 20.2 Å². The highest BCUT2D eigenvalue weighted by Gasteiger charge is 2.10. The number of hydrogen-bond donors (Lipinski definition) is 0. The number of nitrogens with zero attached hydrogens (tertiary/aromatic N) is 4. The normalized spacial score (nSPS) is 10.5. The van der Waals surface area contributed by atoms with Crippen LogP contribution in [-0.2, 0) is 9.53 Å². The smallest absolute Gasteiger partial charge is 0.214 e. The fraction of sp³-hybridized carbons (Fsp3) is 0.273. The van der Waals surface area contributed by atoms with E-state index in [0.29, 0.717) is 10.9 Å². The van der Waals surface area contributed by atoms with Crippen molar-refractivity contribution < 1.29 is 9.53 Å². The predicted molar refractivity (Wildman–Crippen MR) is 66.8 cm³/mol. The molecular weight excluding hydrogens is 252 g/mol. The number of carbonyl (C=O) groups excluding carboxylic acids is 1. The first-order valence-electron chi connectivity index (χ1n) is 5.28. The van der Waals surface area contributed by atoms with Crippen LogP contribution in [0.25, 0.3) is 5.69 Å². The fourth-order valence-electron chi connectivity index (χ4n) is 1.35. The predicted octanol–water partition coefficient (Wildman–Crippen LogP) is 0.970. The lowest BCUT2D eigenvalue weighted by Crippen LogP contribution is -2.10. The lowest BCUT2D eigenvalue weighted by molar-refractivity contribution is -0.120. The first kappa shape index (κ1) is 12.7. The third kappa shape index (κ3) is 3.14. The van der Waals surface area contributed by atoms with Gasteiger partial charge in [0.25, 0.3) is 0 Å². The quantitative estimate of drug-likeness (QED) is 0.724. The van der Waals surface area contributed by atoms with Crippen LogP contribution >= 0.6 is 11.8 Å². The molecule has 0 aliphatic carbocycles. The van der Waals surface area contributed by atoms with Gasteiger partial charge in [0, 0.05) is 7.11 Å². The van der Waals surface area contributed by atoms with Crippen molar-refractivity contribution in [3.8, 4) is 5.69 Å². The number of hydrogen-bond acceptors (Lipinski definition) is 6. The molecule has 1 aromatic carbocycles. The first-order chi connectivity index (χ1) is 8.81. The lowest BCUT2D eigenvalue weighted by Gasteiger charge is -2.03. The van der Waals surface area contributed by atoms with Crippen LogP contribution in [0.2, 0.25) is 0 Å².